The summed E-state index contributed by atoms with van der Waals surface area (Å²) in [7, 11) is 0. The second-order valence-electron chi connectivity index (χ2n) is 7.80. The van der Waals surface area contributed by atoms with Crippen LogP contribution in [0.3, 0.4) is 0 Å². The average molecular weight is 248 g/mol. The molecular weight excluding hydrogens is 240 g/mol. The lowest BCUT2D eigenvalue weighted by Gasteiger charge is -2.71. The number of hydrogen-bond donors (Lipinski definition) is 0. The summed E-state index contributed by atoms with van der Waals surface area (Å²) in [6.07, 6.45) is 20.3. The van der Waals surface area contributed by atoms with E-state index in [9.17, 15) is 0 Å². The Labute approximate surface area is 115 Å². The Morgan fingerprint density at radius 3 is 0.600 bits per heavy atom. The summed E-state index contributed by atoms with van der Waals surface area (Å²) in [4.78, 5) is 0. The molecule has 88 valence electrons. The monoisotopic (exact) mass is 248 g/mol. The van der Waals surface area contributed by atoms with Crippen molar-refractivity contribution in [2.24, 2.45) is 21.7 Å². The first-order valence-electron chi connectivity index (χ1n) is 7.62. The van der Waals surface area contributed by atoms with Gasteiger partial charge in [0.2, 0.25) is 0 Å². The average Bonchev–Trinajstić information content (AvgIpc) is 2.93. The summed E-state index contributed by atoms with van der Waals surface area (Å²) in [6.45, 7) is 0. The van der Waals surface area contributed by atoms with Crippen LogP contribution >= 0.6 is 0 Å². The Bertz CT molecular complexity index is 795. The SMILES string of the molecule is C1=C2C=C3C=C4C=C1C15C6=CC7=CC8=CC(=C6)C21C38C475. The van der Waals surface area contributed by atoms with Gasteiger partial charge in [0.15, 0.2) is 0 Å². The molecule has 9 rings (SSSR count). The zero-order chi connectivity index (χ0) is 12.3. The Kier molecular flexibility index (Phi) is 0.563. The van der Waals surface area contributed by atoms with Gasteiger partial charge >= 0.3 is 0 Å². The summed E-state index contributed by atoms with van der Waals surface area (Å²) in [5, 5.41) is 0. The molecule has 0 aromatic rings. The normalized spacial score (nSPS) is 59.2. The van der Waals surface area contributed by atoms with E-state index in [-0.39, 0.29) is 21.7 Å². The fraction of sp³-hybridized carbons (Fsp3) is 0.200. The van der Waals surface area contributed by atoms with Crippen LogP contribution in [0.4, 0.5) is 0 Å². The van der Waals surface area contributed by atoms with Gasteiger partial charge in [0, 0.05) is 0 Å². The van der Waals surface area contributed by atoms with Gasteiger partial charge in [0.25, 0.3) is 0 Å². The first kappa shape index (κ1) is 7.64. The van der Waals surface area contributed by atoms with Crippen LogP contribution in [0.5, 0.6) is 0 Å². The standard InChI is InChI=1S/C20H8/c1-9-2-11-4-12-3-10(1)18-14-5-13-6-15-8-16(7-14)20(12,18)19(11,15)17(9,13)18/h1-8H. The molecule has 1 fully saturated rings. The molecule has 0 heteroatoms. The minimum absolute atomic E-state index is 0.284. The topological polar surface area (TPSA) is 0 Å². The number of rotatable bonds is 0. The molecule has 4 spiro atoms. The zero-order valence-corrected chi connectivity index (χ0v) is 10.6. The molecule has 9 aliphatic rings. The van der Waals surface area contributed by atoms with E-state index in [4.69, 9.17) is 0 Å². The van der Waals surface area contributed by atoms with Crippen LogP contribution in [-0.2, 0) is 0 Å². The van der Waals surface area contributed by atoms with Gasteiger partial charge < -0.3 is 0 Å². The van der Waals surface area contributed by atoms with Crippen molar-refractivity contribution < 1.29 is 0 Å². The highest BCUT2D eigenvalue weighted by Crippen LogP contribution is 3.07. The molecule has 0 aromatic heterocycles. The second-order valence-corrected chi connectivity index (χ2v) is 7.80. The highest BCUT2D eigenvalue weighted by Gasteiger charge is 3.02. The second kappa shape index (κ2) is 1.47. The maximum Gasteiger partial charge on any atom is 0.0502 e. The van der Waals surface area contributed by atoms with Gasteiger partial charge in [-0.1, -0.05) is 48.6 Å². The third-order valence-electron chi connectivity index (χ3n) is 8.20. The van der Waals surface area contributed by atoms with Gasteiger partial charge in [0.1, 0.15) is 0 Å². The summed E-state index contributed by atoms with van der Waals surface area (Å²) >= 11 is 0. The predicted molar refractivity (Wildman–Crippen MR) is 74.4 cm³/mol. The Hall–Kier alpha value is -2.08. The first-order valence-corrected chi connectivity index (χ1v) is 7.62. The van der Waals surface area contributed by atoms with Gasteiger partial charge in [-0.25, -0.2) is 0 Å². The molecule has 0 radical (unpaired) electrons. The van der Waals surface area contributed by atoms with E-state index in [0.717, 1.165) is 0 Å². The molecule has 0 saturated heterocycles. The smallest absolute Gasteiger partial charge is 0.0502 e. The van der Waals surface area contributed by atoms with Crippen LogP contribution in [0.15, 0.2) is 93.2 Å². The van der Waals surface area contributed by atoms with Crippen molar-refractivity contribution >= 4 is 0 Å². The molecule has 0 nitrogen and oxygen atoms in total. The first-order chi connectivity index (χ1) is 9.84. The van der Waals surface area contributed by atoms with E-state index in [1.807, 2.05) is 0 Å². The maximum absolute atomic E-state index is 2.54. The largest absolute Gasteiger partial charge is 0.0538 e. The van der Waals surface area contributed by atoms with Crippen molar-refractivity contribution in [3.8, 4) is 0 Å². The molecular formula is C20H8. The summed E-state index contributed by atoms with van der Waals surface area (Å²) < 4.78 is 0. The zero-order valence-electron chi connectivity index (χ0n) is 10.6. The minimum Gasteiger partial charge on any atom is -0.0538 e. The Morgan fingerprint density at radius 1 is 0.300 bits per heavy atom. The van der Waals surface area contributed by atoms with Crippen LogP contribution in [0.2, 0.25) is 0 Å². The van der Waals surface area contributed by atoms with Crippen molar-refractivity contribution in [2.45, 2.75) is 0 Å². The van der Waals surface area contributed by atoms with Gasteiger partial charge in [-0.3, -0.25) is 0 Å². The van der Waals surface area contributed by atoms with Crippen molar-refractivity contribution in [2.75, 3.05) is 0 Å². The van der Waals surface area contributed by atoms with Crippen LogP contribution in [0.25, 0.3) is 0 Å². The Balaban J connectivity index is 1.80. The van der Waals surface area contributed by atoms with Gasteiger partial charge in [-0.05, 0) is 44.6 Å². The third-order valence-corrected chi connectivity index (χ3v) is 8.20. The van der Waals surface area contributed by atoms with Crippen LogP contribution in [0, 0.1) is 21.7 Å². The highest BCUT2D eigenvalue weighted by molar-refractivity contribution is 6.00. The predicted octanol–water partition coefficient (Wildman–Crippen LogP) is 3.47. The molecule has 0 aromatic carbocycles. The molecule has 0 atom stereocenters. The van der Waals surface area contributed by atoms with Crippen LogP contribution in [0.1, 0.15) is 0 Å². The summed E-state index contributed by atoms with van der Waals surface area (Å²) in [5.41, 5.74) is 14.0. The van der Waals surface area contributed by atoms with E-state index in [1.54, 1.807) is 44.6 Å². The summed E-state index contributed by atoms with van der Waals surface area (Å²) in [5.74, 6) is 0. The highest BCUT2D eigenvalue weighted by atomic mass is 15.0. The maximum atomic E-state index is 2.54. The van der Waals surface area contributed by atoms with Crippen LogP contribution in [-0.4, -0.2) is 0 Å². The third kappa shape index (κ3) is 0.273. The lowest BCUT2D eigenvalue weighted by atomic mass is 9.27. The molecule has 9 aliphatic carbocycles. The Morgan fingerprint density at radius 2 is 0.450 bits per heavy atom. The lowest BCUT2D eigenvalue weighted by molar-refractivity contribution is -0.119. The van der Waals surface area contributed by atoms with Crippen molar-refractivity contribution in [3.05, 3.63) is 93.2 Å². The number of allylic oxidation sites excluding steroid dienone is 16. The quantitative estimate of drug-likeness (QED) is 0.616. The van der Waals surface area contributed by atoms with Crippen molar-refractivity contribution in [3.63, 3.8) is 0 Å². The van der Waals surface area contributed by atoms with Gasteiger partial charge in [0.05, 0.1) is 21.7 Å². The van der Waals surface area contributed by atoms with Gasteiger partial charge in [-0.2, -0.15) is 0 Å². The van der Waals surface area contributed by atoms with Crippen molar-refractivity contribution in [1.29, 1.82) is 0 Å². The van der Waals surface area contributed by atoms with Gasteiger partial charge in [-0.15, -0.1) is 0 Å². The molecule has 1 saturated carbocycles. The molecule has 0 aliphatic heterocycles. The minimum atomic E-state index is 0.284. The molecule has 0 N–H and O–H groups in total. The van der Waals surface area contributed by atoms with Crippen molar-refractivity contribution in [1.82, 2.24) is 0 Å². The molecule has 0 heterocycles. The number of hydrogen-bond acceptors (Lipinski definition) is 0. The lowest BCUT2D eigenvalue weighted by Crippen LogP contribution is -2.70. The van der Waals surface area contributed by atoms with E-state index in [2.05, 4.69) is 48.6 Å². The van der Waals surface area contributed by atoms with Crippen LogP contribution < -0.4 is 0 Å². The fourth-order valence-electron chi connectivity index (χ4n) is 8.60. The van der Waals surface area contributed by atoms with E-state index in [1.165, 1.54) is 0 Å². The fourth-order valence-corrected chi connectivity index (χ4v) is 8.60. The molecule has 0 unspecified atom stereocenters. The molecule has 20 heavy (non-hydrogen) atoms. The summed E-state index contributed by atoms with van der Waals surface area (Å²) in [6, 6.07) is 0. The molecule has 0 amide bonds. The van der Waals surface area contributed by atoms with E-state index < -0.39 is 0 Å². The van der Waals surface area contributed by atoms with E-state index in [0.29, 0.717) is 0 Å². The van der Waals surface area contributed by atoms with E-state index >= 15 is 0 Å². The molecule has 0 bridgehead atoms.